The number of thiazole rings is 1. The number of piperidine rings is 1. The van der Waals surface area contributed by atoms with Gasteiger partial charge in [0, 0.05) is 23.8 Å². The molecule has 0 aliphatic carbocycles. The zero-order valence-electron chi connectivity index (χ0n) is 16.1. The Kier molecular flexibility index (Phi) is 5.54. The quantitative estimate of drug-likeness (QED) is 0.690. The molecule has 3 aromatic heterocycles. The molecule has 1 aliphatic heterocycles. The van der Waals surface area contributed by atoms with E-state index in [-0.39, 0.29) is 5.91 Å². The van der Waals surface area contributed by atoms with Crippen LogP contribution in [0.5, 0.6) is 0 Å². The Morgan fingerprint density at radius 2 is 2.21 bits per heavy atom. The van der Waals surface area contributed by atoms with Crippen molar-refractivity contribution in [3.05, 3.63) is 41.6 Å². The molecule has 1 fully saturated rings. The Bertz CT molecular complexity index is 951. The average molecular weight is 397 g/mol. The van der Waals surface area contributed by atoms with Crippen molar-refractivity contribution in [2.24, 2.45) is 5.92 Å². The topological polar surface area (TPSA) is 71.3 Å². The van der Waals surface area contributed by atoms with Gasteiger partial charge in [0.25, 0.3) is 0 Å². The number of pyridine rings is 1. The monoisotopic (exact) mass is 396 g/mol. The highest BCUT2D eigenvalue weighted by atomic mass is 32.1. The Morgan fingerprint density at radius 1 is 1.36 bits per heavy atom. The molecule has 1 amide bonds. The van der Waals surface area contributed by atoms with Crippen LogP contribution in [0.25, 0.3) is 22.2 Å². The van der Waals surface area contributed by atoms with Crippen molar-refractivity contribution < 1.29 is 9.21 Å². The van der Waals surface area contributed by atoms with Crippen LogP contribution < -0.4 is 5.32 Å². The van der Waals surface area contributed by atoms with Crippen LogP contribution in [0.4, 0.5) is 5.69 Å². The van der Waals surface area contributed by atoms with Crippen LogP contribution in [0, 0.1) is 12.8 Å². The van der Waals surface area contributed by atoms with Crippen LogP contribution in [-0.2, 0) is 4.79 Å². The molecular weight excluding hydrogens is 372 g/mol. The zero-order chi connectivity index (χ0) is 19.5. The number of amides is 1. The van der Waals surface area contributed by atoms with E-state index in [4.69, 9.17) is 4.42 Å². The molecular formula is C21H24N4O2S. The molecule has 1 N–H and O–H groups in total. The minimum atomic E-state index is -0.00744. The molecule has 0 spiro atoms. The van der Waals surface area contributed by atoms with E-state index in [9.17, 15) is 4.79 Å². The average Bonchev–Trinajstić information content (AvgIpc) is 3.33. The Hall–Kier alpha value is -2.51. The number of anilines is 1. The first-order valence-corrected chi connectivity index (χ1v) is 10.5. The molecule has 4 rings (SSSR count). The Labute approximate surface area is 168 Å². The van der Waals surface area contributed by atoms with Gasteiger partial charge in [-0.15, -0.1) is 11.3 Å². The van der Waals surface area contributed by atoms with Gasteiger partial charge in [-0.1, -0.05) is 6.92 Å². The van der Waals surface area contributed by atoms with E-state index in [0.29, 0.717) is 29.6 Å². The third-order valence-corrected chi connectivity index (χ3v) is 5.66. The summed E-state index contributed by atoms with van der Waals surface area (Å²) in [6.45, 7) is 6.51. The standard InChI is InChI=1S/C21H24N4O2S/c1-14-4-3-8-25(12-14)13-20(26)23-16-10-17(19-6-5-15(2)27-19)24-18(11-16)21-22-7-9-28-21/h5-7,9-11,14H,3-4,8,12-13H2,1-2H3,(H,23,24,26). The van der Waals surface area contributed by atoms with Crippen molar-refractivity contribution in [1.82, 2.24) is 14.9 Å². The van der Waals surface area contributed by atoms with Crippen LogP contribution in [0.2, 0.25) is 0 Å². The molecule has 7 heteroatoms. The van der Waals surface area contributed by atoms with Gasteiger partial charge < -0.3 is 9.73 Å². The number of carbonyl (C=O) groups is 1. The first kappa shape index (κ1) is 18.8. The highest BCUT2D eigenvalue weighted by Crippen LogP contribution is 2.29. The van der Waals surface area contributed by atoms with E-state index in [2.05, 4.69) is 27.1 Å². The normalized spacial score (nSPS) is 17.6. The minimum Gasteiger partial charge on any atom is -0.460 e. The van der Waals surface area contributed by atoms with Crippen molar-refractivity contribution >= 4 is 22.9 Å². The summed E-state index contributed by atoms with van der Waals surface area (Å²) < 4.78 is 5.73. The van der Waals surface area contributed by atoms with E-state index >= 15 is 0 Å². The molecule has 0 bridgehead atoms. The van der Waals surface area contributed by atoms with Crippen LogP contribution in [0.3, 0.4) is 0 Å². The summed E-state index contributed by atoms with van der Waals surface area (Å²) in [5.41, 5.74) is 2.12. The second-order valence-electron chi connectivity index (χ2n) is 7.40. The molecule has 1 unspecified atom stereocenters. The molecule has 0 radical (unpaired) electrons. The van der Waals surface area contributed by atoms with Gasteiger partial charge in [0.1, 0.15) is 22.2 Å². The number of aromatic nitrogens is 2. The third kappa shape index (κ3) is 4.48. The number of hydrogen-bond donors (Lipinski definition) is 1. The first-order chi connectivity index (χ1) is 13.6. The number of carbonyl (C=O) groups excluding carboxylic acids is 1. The number of likely N-dealkylation sites (tertiary alicyclic amines) is 1. The lowest BCUT2D eigenvalue weighted by atomic mass is 10.0. The second kappa shape index (κ2) is 8.24. The lowest BCUT2D eigenvalue weighted by Gasteiger charge is -2.30. The number of nitrogens with zero attached hydrogens (tertiary/aromatic N) is 3. The fraction of sp³-hybridized carbons (Fsp3) is 0.381. The van der Waals surface area contributed by atoms with Crippen LogP contribution in [0.15, 0.2) is 40.3 Å². The number of aryl methyl sites for hydroxylation is 1. The molecule has 1 atom stereocenters. The predicted molar refractivity (Wildman–Crippen MR) is 111 cm³/mol. The third-order valence-electron chi connectivity index (χ3n) is 4.86. The van der Waals surface area contributed by atoms with Gasteiger partial charge in [0.2, 0.25) is 5.91 Å². The van der Waals surface area contributed by atoms with Crippen molar-refractivity contribution in [1.29, 1.82) is 0 Å². The van der Waals surface area contributed by atoms with Gasteiger partial charge in [-0.05, 0) is 56.5 Å². The highest BCUT2D eigenvalue weighted by molar-refractivity contribution is 7.13. The molecule has 0 aromatic carbocycles. The fourth-order valence-corrected chi connectivity index (χ4v) is 4.19. The number of nitrogens with one attached hydrogen (secondary N) is 1. The van der Waals surface area contributed by atoms with Gasteiger partial charge in [-0.2, -0.15) is 0 Å². The largest absolute Gasteiger partial charge is 0.460 e. The maximum absolute atomic E-state index is 12.6. The summed E-state index contributed by atoms with van der Waals surface area (Å²) in [7, 11) is 0. The molecule has 0 saturated carbocycles. The van der Waals surface area contributed by atoms with Crippen molar-refractivity contribution in [2.45, 2.75) is 26.7 Å². The predicted octanol–water partition coefficient (Wildman–Crippen LogP) is 4.44. The molecule has 3 aromatic rings. The van der Waals surface area contributed by atoms with Crippen LogP contribution in [-0.4, -0.2) is 40.4 Å². The van der Waals surface area contributed by atoms with Gasteiger partial charge in [-0.25, -0.2) is 9.97 Å². The molecule has 1 saturated heterocycles. The molecule has 1 aliphatic rings. The second-order valence-corrected chi connectivity index (χ2v) is 8.30. The zero-order valence-corrected chi connectivity index (χ0v) is 17.0. The van der Waals surface area contributed by atoms with E-state index in [1.165, 1.54) is 17.8 Å². The maximum atomic E-state index is 12.6. The van der Waals surface area contributed by atoms with E-state index in [1.807, 2.05) is 36.6 Å². The first-order valence-electron chi connectivity index (χ1n) is 9.58. The lowest BCUT2D eigenvalue weighted by Crippen LogP contribution is -2.39. The lowest BCUT2D eigenvalue weighted by molar-refractivity contribution is -0.117. The summed E-state index contributed by atoms with van der Waals surface area (Å²) in [6.07, 6.45) is 4.15. The minimum absolute atomic E-state index is 0.00744. The number of furan rings is 1. The van der Waals surface area contributed by atoms with E-state index < -0.39 is 0 Å². The molecule has 4 heterocycles. The molecule has 146 valence electrons. The fourth-order valence-electron chi connectivity index (χ4n) is 3.59. The van der Waals surface area contributed by atoms with E-state index in [0.717, 1.165) is 36.0 Å². The number of rotatable bonds is 5. The highest BCUT2D eigenvalue weighted by Gasteiger charge is 2.19. The summed E-state index contributed by atoms with van der Waals surface area (Å²) in [4.78, 5) is 23.9. The summed E-state index contributed by atoms with van der Waals surface area (Å²) in [5.74, 6) is 2.14. The summed E-state index contributed by atoms with van der Waals surface area (Å²) in [5, 5.41) is 5.76. The summed E-state index contributed by atoms with van der Waals surface area (Å²) in [6, 6.07) is 7.52. The Balaban J connectivity index is 1.57. The van der Waals surface area contributed by atoms with Gasteiger partial charge >= 0.3 is 0 Å². The van der Waals surface area contributed by atoms with Crippen molar-refractivity contribution in [3.8, 4) is 22.2 Å². The van der Waals surface area contributed by atoms with Crippen LogP contribution >= 0.6 is 11.3 Å². The Morgan fingerprint density at radius 3 is 2.93 bits per heavy atom. The molecule has 28 heavy (non-hydrogen) atoms. The van der Waals surface area contributed by atoms with Crippen molar-refractivity contribution in [2.75, 3.05) is 25.0 Å². The SMILES string of the molecule is Cc1ccc(-c2cc(NC(=O)CN3CCCC(C)C3)cc(-c3nccs3)n2)o1. The van der Waals surface area contributed by atoms with Crippen molar-refractivity contribution in [3.63, 3.8) is 0 Å². The van der Waals surface area contributed by atoms with Gasteiger partial charge in [0.15, 0.2) is 5.76 Å². The molecule has 6 nitrogen and oxygen atoms in total. The summed E-state index contributed by atoms with van der Waals surface area (Å²) >= 11 is 1.52. The van der Waals surface area contributed by atoms with Crippen LogP contribution in [0.1, 0.15) is 25.5 Å². The van der Waals surface area contributed by atoms with E-state index in [1.54, 1.807) is 6.20 Å². The van der Waals surface area contributed by atoms with Gasteiger partial charge in [0.05, 0.1) is 6.54 Å². The number of hydrogen-bond acceptors (Lipinski definition) is 6. The maximum Gasteiger partial charge on any atom is 0.238 e. The van der Waals surface area contributed by atoms with Gasteiger partial charge in [-0.3, -0.25) is 9.69 Å². The smallest absolute Gasteiger partial charge is 0.238 e.